The zero-order valence-electron chi connectivity index (χ0n) is 14.4. The summed E-state index contributed by atoms with van der Waals surface area (Å²) in [5, 5.41) is 0. The summed E-state index contributed by atoms with van der Waals surface area (Å²) in [5.41, 5.74) is 2.67. The number of likely N-dealkylation sites (tertiary alicyclic amines) is 1. The van der Waals surface area contributed by atoms with E-state index in [1.807, 2.05) is 24.5 Å². The molecule has 1 saturated heterocycles. The van der Waals surface area contributed by atoms with Crippen LogP contribution in [0.1, 0.15) is 49.8 Å². The fraction of sp³-hybridized carbons (Fsp3) is 0.450. The van der Waals surface area contributed by atoms with Gasteiger partial charge in [0.15, 0.2) is 0 Å². The number of aromatic nitrogens is 1. The molecule has 1 unspecified atom stereocenters. The monoisotopic (exact) mass is 346 g/mol. The van der Waals surface area contributed by atoms with Crippen molar-refractivity contribution in [1.82, 2.24) is 9.88 Å². The first-order chi connectivity index (χ1) is 11.4. The Morgan fingerprint density at radius 3 is 2.92 bits per heavy atom. The van der Waals surface area contributed by atoms with Crippen LogP contribution in [0.2, 0.25) is 0 Å². The van der Waals surface area contributed by atoms with Gasteiger partial charge in [0.2, 0.25) is 0 Å². The predicted octanol–water partition coefficient (Wildman–Crippen LogP) is 5.02. The molecule has 2 aromatic rings. The molecule has 1 atom stereocenters. The van der Waals surface area contributed by atoms with Crippen molar-refractivity contribution in [3.05, 3.63) is 59.9 Å². The molecule has 0 N–H and O–H groups in total. The van der Waals surface area contributed by atoms with Crippen molar-refractivity contribution in [2.75, 3.05) is 13.2 Å². The third-order valence-electron chi connectivity index (χ3n) is 4.44. The summed E-state index contributed by atoms with van der Waals surface area (Å²) in [5.74, 6) is 0.985. The summed E-state index contributed by atoms with van der Waals surface area (Å²) in [6.07, 6.45) is 8.71. The first-order valence-electron chi connectivity index (χ1n) is 8.72. The molecule has 0 radical (unpaired) electrons. The predicted molar refractivity (Wildman–Crippen MR) is 101 cm³/mol. The van der Waals surface area contributed by atoms with Gasteiger partial charge in [-0.3, -0.25) is 9.88 Å². The van der Waals surface area contributed by atoms with E-state index in [0.717, 1.165) is 31.9 Å². The molecule has 0 spiro atoms. The average Bonchev–Trinajstić information content (AvgIpc) is 2.61. The minimum atomic E-state index is 0. The van der Waals surface area contributed by atoms with Crippen molar-refractivity contribution < 1.29 is 4.74 Å². The maximum Gasteiger partial charge on any atom is 0.119 e. The van der Waals surface area contributed by atoms with Gasteiger partial charge < -0.3 is 4.74 Å². The number of hydrogen-bond acceptors (Lipinski definition) is 3. The number of nitrogens with zero attached hydrogens (tertiary/aromatic N) is 2. The Hall–Kier alpha value is -1.58. The lowest BCUT2D eigenvalue weighted by atomic mass is 9.96. The summed E-state index contributed by atoms with van der Waals surface area (Å²) in [7, 11) is 0. The number of halogens is 1. The fourth-order valence-electron chi connectivity index (χ4n) is 3.32. The quantitative estimate of drug-likeness (QED) is 0.734. The molecule has 0 amide bonds. The summed E-state index contributed by atoms with van der Waals surface area (Å²) in [6, 6.07) is 13.3. The van der Waals surface area contributed by atoms with E-state index in [-0.39, 0.29) is 12.4 Å². The van der Waals surface area contributed by atoms with E-state index in [9.17, 15) is 0 Å². The van der Waals surface area contributed by atoms with Crippen molar-refractivity contribution in [2.45, 2.75) is 45.2 Å². The molecule has 4 heteroatoms. The number of hydrogen-bond donors (Lipinski definition) is 0. The van der Waals surface area contributed by atoms with Gasteiger partial charge >= 0.3 is 0 Å². The molecule has 3 rings (SSSR count). The van der Waals surface area contributed by atoms with Crippen molar-refractivity contribution >= 4 is 12.4 Å². The summed E-state index contributed by atoms with van der Waals surface area (Å²) in [6.45, 7) is 5.05. The first-order valence-corrected chi connectivity index (χ1v) is 8.72. The lowest BCUT2D eigenvalue weighted by Crippen LogP contribution is -2.32. The second kappa shape index (κ2) is 9.65. The average molecular weight is 347 g/mol. The second-order valence-electron chi connectivity index (χ2n) is 6.26. The lowest BCUT2D eigenvalue weighted by molar-refractivity contribution is 0.140. The van der Waals surface area contributed by atoms with Crippen LogP contribution >= 0.6 is 12.4 Å². The van der Waals surface area contributed by atoms with Crippen LogP contribution in [-0.4, -0.2) is 23.0 Å². The van der Waals surface area contributed by atoms with Crippen LogP contribution in [-0.2, 0) is 6.54 Å². The largest absolute Gasteiger partial charge is 0.494 e. The molecule has 0 saturated carbocycles. The van der Waals surface area contributed by atoms with Crippen molar-refractivity contribution in [3.8, 4) is 5.75 Å². The van der Waals surface area contributed by atoms with Crippen LogP contribution in [0.5, 0.6) is 5.75 Å². The molecule has 24 heavy (non-hydrogen) atoms. The van der Waals surface area contributed by atoms with Crippen LogP contribution in [0, 0.1) is 0 Å². The van der Waals surface area contributed by atoms with E-state index in [2.05, 4.69) is 41.1 Å². The van der Waals surface area contributed by atoms with Gasteiger partial charge in [0.05, 0.1) is 6.61 Å². The van der Waals surface area contributed by atoms with Gasteiger partial charge in [-0.2, -0.15) is 0 Å². The second-order valence-corrected chi connectivity index (χ2v) is 6.26. The Labute approximate surface area is 151 Å². The van der Waals surface area contributed by atoms with Gasteiger partial charge in [0.1, 0.15) is 5.75 Å². The Morgan fingerprint density at radius 1 is 1.21 bits per heavy atom. The van der Waals surface area contributed by atoms with Gasteiger partial charge in [-0.05, 0) is 55.1 Å². The van der Waals surface area contributed by atoms with Gasteiger partial charge in [0, 0.05) is 25.0 Å². The van der Waals surface area contributed by atoms with E-state index < -0.39 is 0 Å². The molecule has 0 aliphatic carbocycles. The molecular weight excluding hydrogens is 320 g/mol. The fourth-order valence-corrected chi connectivity index (χ4v) is 3.32. The van der Waals surface area contributed by atoms with Crippen LogP contribution in [0.25, 0.3) is 0 Å². The number of ether oxygens (including phenoxy) is 1. The smallest absolute Gasteiger partial charge is 0.119 e. The highest BCUT2D eigenvalue weighted by Gasteiger charge is 2.24. The molecule has 1 fully saturated rings. The number of rotatable bonds is 6. The number of piperidine rings is 1. The molecule has 2 heterocycles. The zero-order valence-corrected chi connectivity index (χ0v) is 15.2. The number of benzene rings is 1. The lowest BCUT2D eigenvalue weighted by Gasteiger charge is -2.36. The van der Waals surface area contributed by atoms with Crippen molar-refractivity contribution in [2.24, 2.45) is 0 Å². The van der Waals surface area contributed by atoms with E-state index in [1.54, 1.807) is 0 Å². The molecule has 1 aromatic heterocycles. The van der Waals surface area contributed by atoms with E-state index >= 15 is 0 Å². The van der Waals surface area contributed by atoms with Gasteiger partial charge in [-0.15, -0.1) is 12.4 Å². The van der Waals surface area contributed by atoms with E-state index in [1.165, 1.54) is 30.4 Å². The van der Waals surface area contributed by atoms with E-state index in [4.69, 9.17) is 4.74 Å². The first kappa shape index (κ1) is 18.8. The normalized spacial score (nSPS) is 18.0. The van der Waals surface area contributed by atoms with Crippen molar-refractivity contribution in [3.63, 3.8) is 0 Å². The van der Waals surface area contributed by atoms with Crippen LogP contribution in [0.4, 0.5) is 0 Å². The molecule has 1 aliphatic rings. The molecule has 130 valence electrons. The topological polar surface area (TPSA) is 25.4 Å². The molecule has 3 nitrogen and oxygen atoms in total. The van der Waals surface area contributed by atoms with Crippen LogP contribution < -0.4 is 4.74 Å². The molecule has 0 bridgehead atoms. The maximum atomic E-state index is 5.77. The highest BCUT2D eigenvalue weighted by molar-refractivity contribution is 5.85. The summed E-state index contributed by atoms with van der Waals surface area (Å²) in [4.78, 5) is 6.89. The maximum absolute atomic E-state index is 5.77. The van der Waals surface area contributed by atoms with Crippen LogP contribution in [0.3, 0.4) is 0 Å². The molecular formula is C20H27ClN2O. The number of pyridine rings is 1. The third-order valence-corrected chi connectivity index (χ3v) is 4.44. The Kier molecular flexibility index (Phi) is 7.54. The Bertz CT molecular complexity index is 606. The van der Waals surface area contributed by atoms with Crippen molar-refractivity contribution in [1.29, 1.82) is 0 Å². The third kappa shape index (κ3) is 4.96. The Morgan fingerprint density at radius 2 is 2.12 bits per heavy atom. The zero-order chi connectivity index (χ0) is 15.9. The standard InChI is InChI=1S/C20H26N2O.ClH/c1-2-13-23-19-9-5-7-17(14-19)16-22-12-4-3-10-20(22)18-8-6-11-21-15-18;/h5-9,11,14-15,20H,2-4,10,12-13,16H2,1H3;1H. The Balaban J connectivity index is 0.00000208. The minimum Gasteiger partial charge on any atom is -0.494 e. The highest BCUT2D eigenvalue weighted by atomic mass is 35.5. The summed E-state index contributed by atoms with van der Waals surface area (Å²) >= 11 is 0. The minimum absolute atomic E-state index is 0. The molecule has 1 aliphatic heterocycles. The van der Waals surface area contributed by atoms with Gasteiger partial charge in [-0.1, -0.05) is 31.5 Å². The molecule has 1 aromatic carbocycles. The van der Waals surface area contributed by atoms with Gasteiger partial charge in [-0.25, -0.2) is 0 Å². The highest BCUT2D eigenvalue weighted by Crippen LogP contribution is 2.32. The van der Waals surface area contributed by atoms with Crippen LogP contribution in [0.15, 0.2) is 48.8 Å². The summed E-state index contributed by atoms with van der Waals surface area (Å²) < 4.78 is 5.77. The van der Waals surface area contributed by atoms with E-state index in [0.29, 0.717) is 6.04 Å². The SMILES string of the molecule is CCCOc1cccc(CN2CCCCC2c2cccnc2)c1.Cl. The van der Waals surface area contributed by atoms with Gasteiger partial charge in [0.25, 0.3) is 0 Å².